The van der Waals surface area contributed by atoms with E-state index < -0.39 is 29.6 Å². The van der Waals surface area contributed by atoms with E-state index in [-0.39, 0.29) is 11.1 Å². The van der Waals surface area contributed by atoms with Crippen LogP contribution in [0.25, 0.3) is 0 Å². The van der Waals surface area contributed by atoms with E-state index in [4.69, 9.17) is 9.47 Å². The summed E-state index contributed by atoms with van der Waals surface area (Å²) in [5.41, 5.74) is 0.551. The van der Waals surface area contributed by atoms with Crippen LogP contribution in [0.5, 0.6) is 5.75 Å². The predicted octanol–water partition coefficient (Wildman–Crippen LogP) is 2.81. The molecule has 0 fully saturated rings. The fourth-order valence-electron chi connectivity index (χ4n) is 2.13. The van der Waals surface area contributed by atoms with E-state index >= 15 is 0 Å². The fourth-order valence-corrected chi connectivity index (χ4v) is 2.13. The van der Waals surface area contributed by atoms with Gasteiger partial charge in [0.05, 0.1) is 12.5 Å². The van der Waals surface area contributed by atoms with Crippen molar-refractivity contribution in [3.8, 4) is 5.75 Å². The summed E-state index contributed by atoms with van der Waals surface area (Å²) in [7, 11) is 0. The molecule has 0 heterocycles. The Morgan fingerprint density at radius 1 is 1.18 bits per heavy atom. The van der Waals surface area contributed by atoms with Gasteiger partial charge in [-0.2, -0.15) is 0 Å². The van der Waals surface area contributed by atoms with Crippen LogP contribution in [0.4, 0.5) is 0 Å². The molecule has 1 atom stereocenters. The van der Waals surface area contributed by atoms with Crippen LogP contribution in [0.15, 0.2) is 18.2 Å². The van der Waals surface area contributed by atoms with Gasteiger partial charge in [-0.05, 0) is 24.6 Å². The van der Waals surface area contributed by atoms with Crippen molar-refractivity contribution in [3.05, 3.63) is 29.3 Å². The summed E-state index contributed by atoms with van der Waals surface area (Å²) in [6, 6.07) is 4.76. The van der Waals surface area contributed by atoms with Gasteiger partial charge in [-0.25, -0.2) is 0 Å². The quantitative estimate of drug-likeness (QED) is 0.459. The molecule has 118 valence electrons. The minimum Gasteiger partial charge on any atom is -0.494 e. The van der Waals surface area contributed by atoms with Crippen molar-refractivity contribution in [1.29, 1.82) is 0 Å². The number of fused-ring (bicyclic) bond motifs is 1. The third-order valence-electron chi connectivity index (χ3n) is 3.47. The largest absolute Gasteiger partial charge is 0.494 e. The lowest BCUT2D eigenvalue weighted by atomic mass is 10.1. The van der Waals surface area contributed by atoms with Crippen LogP contribution < -0.4 is 4.74 Å². The molecule has 22 heavy (non-hydrogen) atoms. The first-order valence-corrected chi connectivity index (χ1v) is 7.51. The number of Topliss-reactive ketones (excluding diaryl/α,β-unsaturated/α-hetero) is 2. The van der Waals surface area contributed by atoms with Crippen molar-refractivity contribution in [2.45, 2.75) is 39.7 Å². The Labute approximate surface area is 129 Å². The van der Waals surface area contributed by atoms with Crippen LogP contribution in [0.1, 0.15) is 54.3 Å². The molecule has 1 aromatic carbocycles. The lowest BCUT2D eigenvalue weighted by Gasteiger charge is -2.10. The highest BCUT2D eigenvalue weighted by molar-refractivity contribution is 6.29. The summed E-state index contributed by atoms with van der Waals surface area (Å²) in [6.45, 7) is 5.92. The van der Waals surface area contributed by atoms with Crippen LogP contribution in [0, 0.1) is 5.92 Å². The van der Waals surface area contributed by atoms with Gasteiger partial charge >= 0.3 is 5.97 Å². The SMILES string of the molecule is CCCCOc1ccc2c(c1)C(=O)C(OC(=O)C(C)C)C2=O. The van der Waals surface area contributed by atoms with Gasteiger partial charge in [0.15, 0.2) is 0 Å². The number of carbonyl (C=O) groups excluding carboxylic acids is 3. The maximum atomic E-state index is 12.3. The van der Waals surface area contributed by atoms with Gasteiger partial charge in [-0.1, -0.05) is 27.2 Å². The molecule has 1 unspecified atom stereocenters. The first-order chi connectivity index (χ1) is 10.5. The minimum absolute atomic E-state index is 0.264. The van der Waals surface area contributed by atoms with Gasteiger partial charge in [0, 0.05) is 11.1 Å². The van der Waals surface area contributed by atoms with E-state index in [2.05, 4.69) is 6.92 Å². The van der Waals surface area contributed by atoms with Crippen molar-refractivity contribution in [3.63, 3.8) is 0 Å². The molecule has 0 spiro atoms. The number of unbranched alkanes of at least 4 members (excludes halogenated alkanes) is 1. The molecule has 5 heteroatoms. The van der Waals surface area contributed by atoms with Crippen LogP contribution in [0.2, 0.25) is 0 Å². The van der Waals surface area contributed by atoms with Crippen molar-refractivity contribution >= 4 is 17.5 Å². The molecule has 1 aliphatic rings. The van der Waals surface area contributed by atoms with Crippen molar-refractivity contribution in [2.24, 2.45) is 5.92 Å². The highest BCUT2D eigenvalue weighted by Crippen LogP contribution is 2.28. The number of esters is 1. The Balaban J connectivity index is 2.17. The molecule has 0 saturated heterocycles. The number of hydrogen-bond donors (Lipinski definition) is 0. The summed E-state index contributed by atoms with van der Waals surface area (Å²) in [6.07, 6.45) is 0.574. The zero-order valence-electron chi connectivity index (χ0n) is 13.0. The molecule has 0 radical (unpaired) electrons. The standard InChI is InChI=1S/C17H20O5/c1-4-5-8-21-11-6-7-12-13(9-11)15(19)16(14(12)18)22-17(20)10(2)3/h6-7,9-10,16H,4-5,8H2,1-3H3. The zero-order valence-corrected chi connectivity index (χ0v) is 13.0. The lowest BCUT2D eigenvalue weighted by Crippen LogP contribution is -2.30. The van der Waals surface area contributed by atoms with Gasteiger partial charge in [0.1, 0.15) is 5.75 Å². The van der Waals surface area contributed by atoms with E-state index in [9.17, 15) is 14.4 Å². The van der Waals surface area contributed by atoms with Crippen LogP contribution in [0.3, 0.4) is 0 Å². The summed E-state index contributed by atoms with van der Waals surface area (Å²) in [5, 5.41) is 0. The minimum atomic E-state index is -1.35. The first kappa shape index (κ1) is 16.2. The molecular weight excluding hydrogens is 284 g/mol. The van der Waals surface area contributed by atoms with Gasteiger partial charge in [0.2, 0.25) is 17.7 Å². The van der Waals surface area contributed by atoms with Crippen LogP contribution in [-0.4, -0.2) is 30.2 Å². The normalized spacial score (nSPS) is 16.8. The Bertz CT molecular complexity index is 603. The van der Waals surface area contributed by atoms with E-state index in [0.717, 1.165) is 12.8 Å². The molecule has 0 aromatic heterocycles. The number of carbonyl (C=O) groups is 3. The molecular formula is C17H20O5. The average molecular weight is 304 g/mol. The van der Waals surface area contributed by atoms with Gasteiger partial charge in [0.25, 0.3) is 0 Å². The molecule has 0 bridgehead atoms. The molecule has 0 aliphatic heterocycles. The second kappa shape index (κ2) is 6.73. The second-order valence-corrected chi connectivity index (χ2v) is 5.61. The monoisotopic (exact) mass is 304 g/mol. The van der Waals surface area contributed by atoms with E-state index in [1.54, 1.807) is 32.0 Å². The summed E-state index contributed by atoms with van der Waals surface area (Å²) in [5.74, 6) is -1.34. The van der Waals surface area contributed by atoms with E-state index in [1.807, 2.05) is 0 Å². The lowest BCUT2D eigenvalue weighted by molar-refractivity contribution is -0.148. The highest BCUT2D eigenvalue weighted by Gasteiger charge is 2.41. The van der Waals surface area contributed by atoms with E-state index in [1.165, 1.54) is 0 Å². The van der Waals surface area contributed by atoms with Gasteiger partial charge in [-0.15, -0.1) is 0 Å². The highest BCUT2D eigenvalue weighted by atomic mass is 16.6. The molecule has 0 amide bonds. The Hall–Kier alpha value is -2.17. The Morgan fingerprint density at radius 3 is 2.50 bits per heavy atom. The van der Waals surface area contributed by atoms with Crippen LogP contribution >= 0.6 is 0 Å². The summed E-state index contributed by atoms with van der Waals surface area (Å²) in [4.78, 5) is 36.1. The number of ether oxygens (including phenoxy) is 2. The zero-order chi connectivity index (χ0) is 16.3. The number of ketones is 2. The molecule has 5 nitrogen and oxygen atoms in total. The Morgan fingerprint density at radius 2 is 1.86 bits per heavy atom. The third-order valence-corrected chi connectivity index (χ3v) is 3.47. The second-order valence-electron chi connectivity index (χ2n) is 5.61. The predicted molar refractivity (Wildman–Crippen MR) is 80.2 cm³/mol. The van der Waals surface area contributed by atoms with Crippen molar-refractivity contribution < 1.29 is 23.9 Å². The third kappa shape index (κ3) is 3.18. The molecule has 2 rings (SSSR count). The Kier molecular flexibility index (Phi) is 4.96. The van der Waals surface area contributed by atoms with Gasteiger partial charge in [-0.3, -0.25) is 14.4 Å². The number of rotatable bonds is 6. The van der Waals surface area contributed by atoms with Crippen molar-refractivity contribution in [2.75, 3.05) is 6.61 Å². The van der Waals surface area contributed by atoms with E-state index in [0.29, 0.717) is 12.4 Å². The fraction of sp³-hybridized carbons (Fsp3) is 0.471. The molecule has 0 saturated carbocycles. The van der Waals surface area contributed by atoms with Crippen molar-refractivity contribution in [1.82, 2.24) is 0 Å². The van der Waals surface area contributed by atoms with Gasteiger partial charge < -0.3 is 9.47 Å². The van der Waals surface area contributed by atoms with Crippen LogP contribution in [-0.2, 0) is 9.53 Å². The molecule has 0 N–H and O–H groups in total. The number of benzene rings is 1. The maximum Gasteiger partial charge on any atom is 0.309 e. The topological polar surface area (TPSA) is 69.7 Å². The summed E-state index contributed by atoms with van der Waals surface area (Å²) < 4.78 is 10.6. The maximum absolute atomic E-state index is 12.3. The summed E-state index contributed by atoms with van der Waals surface area (Å²) >= 11 is 0. The smallest absolute Gasteiger partial charge is 0.309 e. The average Bonchev–Trinajstić information content (AvgIpc) is 2.72. The number of hydrogen-bond acceptors (Lipinski definition) is 5. The first-order valence-electron chi connectivity index (χ1n) is 7.51. The molecule has 1 aliphatic carbocycles. The molecule has 1 aromatic rings.